The average molecular weight is 444 g/mol. The number of ether oxygens (including phenoxy) is 1. The Labute approximate surface area is 178 Å². The summed E-state index contributed by atoms with van der Waals surface area (Å²) in [6, 6.07) is 0.424. The SMILES string of the molecule is Cl.N[C@@H](c1cc2c(cc1F)CC2)[C@@H](F)CC1C(=O)NC(=O)N(C2CCOCC2)C1=O. The minimum absolute atomic E-state index is 0. The fraction of sp³-hybridized carbons (Fsp3) is 0.550. The first-order valence-electron chi connectivity index (χ1n) is 9.83. The van der Waals surface area contributed by atoms with Crippen LogP contribution in [0.1, 0.15) is 42.0 Å². The summed E-state index contributed by atoms with van der Waals surface area (Å²) < 4.78 is 34.5. The molecule has 1 aliphatic carbocycles. The van der Waals surface area contributed by atoms with Crippen LogP contribution >= 0.6 is 12.4 Å². The van der Waals surface area contributed by atoms with Crippen molar-refractivity contribution in [3.05, 3.63) is 34.6 Å². The number of carbonyl (C=O) groups is 3. The molecule has 30 heavy (non-hydrogen) atoms. The highest BCUT2D eigenvalue weighted by Gasteiger charge is 2.45. The largest absolute Gasteiger partial charge is 0.381 e. The Bertz CT molecular complexity index is 863. The van der Waals surface area contributed by atoms with E-state index in [9.17, 15) is 23.2 Å². The van der Waals surface area contributed by atoms with Gasteiger partial charge >= 0.3 is 6.03 Å². The maximum atomic E-state index is 15.0. The number of carbonyl (C=O) groups excluding carboxylic acids is 3. The van der Waals surface area contributed by atoms with Gasteiger partial charge in [0.25, 0.3) is 0 Å². The number of hydrogen-bond donors (Lipinski definition) is 2. The second-order valence-corrected chi connectivity index (χ2v) is 7.82. The van der Waals surface area contributed by atoms with Gasteiger partial charge in [-0.3, -0.25) is 19.8 Å². The molecule has 3 atom stereocenters. The second kappa shape index (κ2) is 8.95. The molecule has 164 valence electrons. The minimum Gasteiger partial charge on any atom is -0.381 e. The number of hydrogen-bond acceptors (Lipinski definition) is 5. The zero-order chi connectivity index (χ0) is 20.7. The Morgan fingerprint density at radius 2 is 1.80 bits per heavy atom. The van der Waals surface area contributed by atoms with E-state index in [-0.39, 0.29) is 18.0 Å². The van der Waals surface area contributed by atoms with Crippen molar-refractivity contribution < 1.29 is 27.9 Å². The standard InChI is InChI=1S/C20H23F2N3O4.ClH/c21-15-8-11-2-1-10(11)7-13(15)17(23)16(22)9-14-18(26)24-20(28)25(19(14)27)12-3-5-29-6-4-12;/h7-8,12,14,16-17H,1-6,9,23H2,(H,24,26,28);1H/t14?,16-,17-;/m0./s1. The molecular weight excluding hydrogens is 420 g/mol. The van der Waals surface area contributed by atoms with Crippen molar-refractivity contribution in [2.75, 3.05) is 13.2 Å². The highest BCUT2D eigenvalue weighted by molar-refractivity contribution is 6.16. The Morgan fingerprint density at radius 3 is 2.43 bits per heavy atom. The van der Waals surface area contributed by atoms with Gasteiger partial charge in [-0.1, -0.05) is 6.07 Å². The van der Waals surface area contributed by atoms with E-state index < -0.39 is 54.3 Å². The number of halogens is 3. The van der Waals surface area contributed by atoms with E-state index in [0.29, 0.717) is 26.1 Å². The average Bonchev–Trinajstić information content (AvgIpc) is 2.68. The topological polar surface area (TPSA) is 102 Å². The Morgan fingerprint density at radius 1 is 1.17 bits per heavy atom. The van der Waals surface area contributed by atoms with Crippen LogP contribution in [0.2, 0.25) is 0 Å². The number of urea groups is 1. The maximum absolute atomic E-state index is 15.0. The van der Waals surface area contributed by atoms with Crippen LogP contribution in [0.15, 0.2) is 12.1 Å². The number of barbiturate groups is 1. The molecule has 2 heterocycles. The van der Waals surface area contributed by atoms with Gasteiger partial charge in [0.05, 0.1) is 6.04 Å². The summed E-state index contributed by atoms with van der Waals surface area (Å²) in [6.07, 6.45) is 0.144. The van der Waals surface area contributed by atoms with Crippen molar-refractivity contribution in [2.45, 2.75) is 50.4 Å². The minimum atomic E-state index is -1.83. The molecule has 7 nitrogen and oxygen atoms in total. The lowest BCUT2D eigenvalue weighted by Gasteiger charge is -2.38. The molecule has 1 aromatic rings. The highest BCUT2D eigenvalue weighted by Crippen LogP contribution is 2.32. The van der Waals surface area contributed by atoms with E-state index in [1.165, 1.54) is 6.07 Å². The van der Waals surface area contributed by atoms with Crippen molar-refractivity contribution in [1.29, 1.82) is 0 Å². The molecule has 3 aliphatic rings. The van der Waals surface area contributed by atoms with Gasteiger partial charge in [-0.15, -0.1) is 12.4 Å². The second-order valence-electron chi connectivity index (χ2n) is 7.82. The van der Waals surface area contributed by atoms with Gasteiger partial charge in [0.2, 0.25) is 11.8 Å². The number of rotatable bonds is 5. The summed E-state index contributed by atoms with van der Waals surface area (Å²) >= 11 is 0. The molecule has 2 aliphatic heterocycles. The Kier molecular flexibility index (Phi) is 6.74. The van der Waals surface area contributed by atoms with Crippen molar-refractivity contribution in [3.63, 3.8) is 0 Å². The van der Waals surface area contributed by atoms with Crippen LogP contribution in [0.4, 0.5) is 13.6 Å². The lowest BCUT2D eigenvalue weighted by molar-refractivity contribution is -0.146. The van der Waals surface area contributed by atoms with Crippen molar-refractivity contribution in [2.24, 2.45) is 11.7 Å². The smallest absolute Gasteiger partial charge is 0.331 e. The molecule has 2 saturated heterocycles. The first kappa shape index (κ1) is 22.6. The number of imide groups is 2. The van der Waals surface area contributed by atoms with Gasteiger partial charge in [-0.25, -0.2) is 13.6 Å². The van der Waals surface area contributed by atoms with Crippen LogP contribution in [0.3, 0.4) is 0 Å². The van der Waals surface area contributed by atoms with E-state index in [1.54, 1.807) is 6.07 Å². The normalized spacial score (nSPS) is 23.8. The molecule has 4 rings (SSSR count). The van der Waals surface area contributed by atoms with E-state index in [4.69, 9.17) is 10.5 Å². The quantitative estimate of drug-likeness (QED) is 0.677. The maximum Gasteiger partial charge on any atom is 0.331 e. The van der Waals surface area contributed by atoms with Gasteiger partial charge in [0, 0.05) is 31.2 Å². The highest BCUT2D eigenvalue weighted by atomic mass is 35.5. The number of nitrogens with one attached hydrogen (secondary N) is 1. The molecule has 0 aromatic heterocycles. The number of alkyl halides is 1. The van der Waals surface area contributed by atoms with Crippen molar-refractivity contribution >= 4 is 30.3 Å². The van der Waals surface area contributed by atoms with E-state index in [2.05, 4.69) is 5.32 Å². The fourth-order valence-electron chi connectivity index (χ4n) is 4.19. The van der Waals surface area contributed by atoms with Crippen LogP contribution in [0.25, 0.3) is 0 Å². The number of amides is 4. The molecule has 1 unspecified atom stereocenters. The van der Waals surface area contributed by atoms with Crippen LogP contribution < -0.4 is 11.1 Å². The first-order valence-corrected chi connectivity index (χ1v) is 9.83. The predicted octanol–water partition coefficient (Wildman–Crippen LogP) is 1.95. The van der Waals surface area contributed by atoms with E-state index >= 15 is 0 Å². The summed E-state index contributed by atoms with van der Waals surface area (Å²) in [5.74, 6) is -3.56. The zero-order valence-corrected chi connectivity index (χ0v) is 17.1. The monoisotopic (exact) mass is 443 g/mol. The summed E-state index contributed by atoms with van der Waals surface area (Å²) in [4.78, 5) is 38.2. The molecule has 2 fully saturated rings. The molecule has 0 saturated carbocycles. The number of nitrogens with two attached hydrogens (primary N) is 1. The van der Waals surface area contributed by atoms with E-state index in [0.717, 1.165) is 28.9 Å². The summed E-state index contributed by atoms with van der Waals surface area (Å²) in [7, 11) is 0. The summed E-state index contributed by atoms with van der Waals surface area (Å²) in [5, 5.41) is 2.13. The molecule has 0 radical (unpaired) electrons. The third kappa shape index (κ3) is 4.06. The molecule has 3 N–H and O–H groups in total. The van der Waals surface area contributed by atoms with Crippen LogP contribution in [-0.2, 0) is 27.2 Å². The number of fused-ring (bicyclic) bond motifs is 1. The Hall–Kier alpha value is -2.10. The molecule has 0 bridgehead atoms. The first-order chi connectivity index (χ1) is 13.9. The Balaban J connectivity index is 0.00000256. The van der Waals surface area contributed by atoms with Crippen LogP contribution in [0.5, 0.6) is 0 Å². The van der Waals surface area contributed by atoms with Gasteiger partial charge in [-0.05, 0) is 42.9 Å². The predicted molar refractivity (Wildman–Crippen MR) is 105 cm³/mol. The van der Waals surface area contributed by atoms with Crippen LogP contribution in [-0.4, -0.2) is 48.2 Å². The van der Waals surface area contributed by atoms with Gasteiger partial charge in [0.1, 0.15) is 17.9 Å². The van der Waals surface area contributed by atoms with Crippen molar-refractivity contribution in [3.8, 4) is 0 Å². The number of nitrogens with zero attached hydrogens (tertiary/aromatic N) is 1. The summed E-state index contributed by atoms with van der Waals surface area (Å²) in [5.41, 5.74) is 7.81. The fourth-order valence-corrected chi connectivity index (χ4v) is 4.19. The van der Waals surface area contributed by atoms with Crippen LogP contribution in [0, 0.1) is 11.7 Å². The molecular formula is C20H24ClF2N3O4. The zero-order valence-electron chi connectivity index (χ0n) is 16.2. The van der Waals surface area contributed by atoms with Crippen molar-refractivity contribution in [1.82, 2.24) is 10.2 Å². The third-order valence-electron chi connectivity index (χ3n) is 6.05. The molecule has 10 heteroatoms. The molecule has 4 amide bonds. The van der Waals surface area contributed by atoms with Gasteiger partial charge < -0.3 is 10.5 Å². The molecule has 0 spiro atoms. The summed E-state index contributed by atoms with van der Waals surface area (Å²) in [6.45, 7) is 0.795. The number of benzene rings is 1. The molecule has 1 aromatic carbocycles. The number of aryl methyl sites for hydroxylation is 2. The van der Waals surface area contributed by atoms with E-state index in [1.807, 2.05) is 0 Å². The third-order valence-corrected chi connectivity index (χ3v) is 6.05. The lowest BCUT2D eigenvalue weighted by atomic mass is 9.84. The lowest BCUT2D eigenvalue weighted by Crippen LogP contribution is -2.62. The van der Waals surface area contributed by atoms with Gasteiger partial charge in [-0.2, -0.15) is 0 Å². The van der Waals surface area contributed by atoms with Gasteiger partial charge in [0.15, 0.2) is 0 Å².